The molecule has 1 aliphatic rings. The van der Waals surface area contributed by atoms with Gasteiger partial charge in [-0.25, -0.2) is 4.79 Å². The Kier molecular flexibility index (Phi) is 4.90. The number of hydrogen-bond acceptors (Lipinski definition) is 5. The van der Waals surface area contributed by atoms with Crippen LogP contribution in [0.4, 0.5) is 4.79 Å². The lowest BCUT2D eigenvalue weighted by Gasteiger charge is -2.27. The molecule has 0 aliphatic carbocycles. The molecule has 7 nitrogen and oxygen atoms in total. The van der Waals surface area contributed by atoms with E-state index in [1.165, 1.54) is 7.11 Å². The Bertz CT molecular complexity index is 918. The molecule has 1 unspecified atom stereocenters. The predicted molar refractivity (Wildman–Crippen MR) is 95.2 cm³/mol. The minimum Gasteiger partial charge on any atom is -0.468 e. The number of methoxy groups -OCH3 is 1. The standard InChI is InChI=1S/C20H17N3O4/c1-27-17(24)13-23-18(25)20(22-19(23)26,11-14-5-3-2-4-6-14)16-9-7-15(12-21)8-10-16/h2-10H,11,13H2,1H3,(H,22,26). The van der Waals surface area contributed by atoms with Crippen molar-refractivity contribution in [3.05, 3.63) is 71.3 Å². The van der Waals surface area contributed by atoms with E-state index in [0.717, 1.165) is 10.5 Å². The van der Waals surface area contributed by atoms with Gasteiger partial charge in [0.1, 0.15) is 6.54 Å². The summed E-state index contributed by atoms with van der Waals surface area (Å²) >= 11 is 0. The number of carbonyl (C=O) groups is 3. The summed E-state index contributed by atoms with van der Waals surface area (Å²) in [7, 11) is 1.19. The van der Waals surface area contributed by atoms with Crippen molar-refractivity contribution in [2.45, 2.75) is 12.0 Å². The zero-order chi connectivity index (χ0) is 19.4. The molecule has 1 N–H and O–H groups in total. The van der Waals surface area contributed by atoms with E-state index in [-0.39, 0.29) is 6.42 Å². The normalized spacial score (nSPS) is 18.7. The summed E-state index contributed by atoms with van der Waals surface area (Å²) < 4.78 is 4.58. The molecule has 3 rings (SSSR count). The summed E-state index contributed by atoms with van der Waals surface area (Å²) in [6.07, 6.45) is 0.210. The van der Waals surface area contributed by atoms with Crippen LogP contribution in [0.3, 0.4) is 0 Å². The maximum Gasteiger partial charge on any atom is 0.325 e. The molecule has 27 heavy (non-hydrogen) atoms. The SMILES string of the molecule is COC(=O)CN1C(=O)NC(Cc2ccccc2)(c2ccc(C#N)cc2)C1=O. The smallest absolute Gasteiger partial charge is 0.325 e. The molecule has 2 aromatic rings. The molecule has 136 valence electrons. The van der Waals surface area contributed by atoms with Crippen LogP contribution in [0.15, 0.2) is 54.6 Å². The van der Waals surface area contributed by atoms with E-state index in [4.69, 9.17) is 5.26 Å². The predicted octanol–water partition coefficient (Wildman–Crippen LogP) is 1.72. The molecule has 1 saturated heterocycles. The van der Waals surface area contributed by atoms with Crippen LogP contribution in [-0.4, -0.2) is 36.5 Å². The van der Waals surface area contributed by atoms with Crippen molar-refractivity contribution in [3.63, 3.8) is 0 Å². The van der Waals surface area contributed by atoms with Gasteiger partial charge in [0.15, 0.2) is 5.54 Å². The second-order valence-electron chi connectivity index (χ2n) is 6.15. The number of nitrogens with zero attached hydrogens (tertiary/aromatic N) is 2. The fraction of sp³-hybridized carbons (Fsp3) is 0.200. The molecule has 0 radical (unpaired) electrons. The summed E-state index contributed by atoms with van der Waals surface area (Å²) in [5.41, 5.74) is 0.462. The minimum absolute atomic E-state index is 0.210. The van der Waals surface area contributed by atoms with Crippen LogP contribution < -0.4 is 5.32 Å². The van der Waals surface area contributed by atoms with Gasteiger partial charge < -0.3 is 10.1 Å². The number of imide groups is 1. The summed E-state index contributed by atoms with van der Waals surface area (Å²) in [6, 6.07) is 17.1. The van der Waals surface area contributed by atoms with Crippen LogP contribution in [0.25, 0.3) is 0 Å². The van der Waals surface area contributed by atoms with Gasteiger partial charge >= 0.3 is 12.0 Å². The van der Waals surface area contributed by atoms with E-state index >= 15 is 0 Å². The zero-order valence-corrected chi connectivity index (χ0v) is 14.6. The molecule has 0 saturated carbocycles. The van der Waals surface area contributed by atoms with Gasteiger partial charge in [-0.2, -0.15) is 5.26 Å². The number of nitriles is 1. The van der Waals surface area contributed by atoms with E-state index in [1.807, 2.05) is 36.4 Å². The number of rotatable bonds is 5. The Balaban J connectivity index is 2.05. The van der Waals surface area contributed by atoms with E-state index in [9.17, 15) is 14.4 Å². The highest BCUT2D eigenvalue weighted by molar-refractivity contribution is 6.09. The average molecular weight is 363 g/mol. The lowest BCUT2D eigenvalue weighted by atomic mass is 9.83. The third-order valence-corrected chi connectivity index (χ3v) is 4.51. The Hall–Kier alpha value is -3.66. The van der Waals surface area contributed by atoms with Crippen LogP contribution in [0, 0.1) is 11.3 Å². The number of hydrogen-bond donors (Lipinski definition) is 1. The summed E-state index contributed by atoms with van der Waals surface area (Å²) in [5, 5.41) is 11.8. The van der Waals surface area contributed by atoms with Gasteiger partial charge in [-0.1, -0.05) is 42.5 Å². The van der Waals surface area contributed by atoms with Crippen LogP contribution in [-0.2, 0) is 26.3 Å². The molecule has 1 atom stereocenters. The number of urea groups is 1. The molecule has 1 fully saturated rings. The second-order valence-corrected chi connectivity index (χ2v) is 6.15. The summed E-state index contributed by atoms with van der Waals surface area (Å²) in [6.45, 7) is -0.464. The minimum atomic E-state index is -1.36. The van der Waals surface area contributed by atoms with Crippen LogP contribution >= 0.6 is 0 Å². The maximum atomic E-state index is 13.2. The van der Waals surface area contributed by atoms with E-state index in [2.05, 4.69) is 10.1 Å². The third-order valence-electron chi connectivity index (χ3n) is 4.51. The first-order valence-corrected chi connectivity index (χ1v) is 8.25. The van der Waals surface area contributed by atoms with Crippen molar-refractivity contribution in [3.8, 4) is 6.07 Å². The molecule has 7 heteroatoms. The molecular weight excluding hydrogens is 346 g/mol. The van der Waals surface area contributed by atoms with Crippen molar-refractivity contribution in [1.82, 2.24) is 10.2 Å². The quantitative estimate of drug-likeness (QED) is 0.644. The largest absolute Gasteiger partial charge is 0.468 e. The van der Waals surface area contributed by atoms with Crippen molar-refractivity contribution in [2.24, 2.45) is 0 Å². The topological polar surface area (TPSA) is 99.5 Å². The lowest BCUT2D eigenvalue weighted by molar-refractivity contribution is -0.145. The van der Waals surface area contributed by atoms with E-state index < -0.39 is 30.0 Å². The van der Waals surface area contributed by atoms with Crippen LogP contribution in [0.5, 0.6) is 0 Å². The first-order chi connectivity index (χ1) is 13.0. The number of amides is 3. The van der Waals surface area contributed by atoms with Crippen molar-refractivity contribution in [2.75, 3.05) is 13.7 Å². The average Bonchev–Trinajstić information content (AvgIpc) is 2.93. The summed E-state index contributed by atoms with van der Waals surface area (Å²) in [4.78, 5) is 38.2. The fourth-order valence-electron chi connectivity index (χ4n) is 3.11. The van der Waals surface area contributed by atoms with Crippen molar-refractivity contribution >= 4 is 17.9 Å². The highest BCUT2D eigenvalue weighted by atomic mass is 16.5. The van der Waals surface area contributed by atoms with Gasteiger partial charge in [0.2, 0.25) is 0 Å². The molecule has 0 aromatic heterocycles. The van der Waals surface area contributed by atoms with Crippen LogP contribution in [0.2, 0.25) is 0 Å². The number of nitrogens with one attached hydrogen (secondary N) is 1. The summed E-state index contributed by atoms with van der Waals surface area (Å²) in [5.74, 6) is -1.22. The Morgan fingerprint density at radius 2 is 1.81 bits per heavy atom. The van der Waals surface area contributed by atoms with E-state index in [1.54, 1.807) is 24.3 Å². The molecular formula is C20H17N3O4. The number of carbonyl (C=O) groups excluding carboxylic acids is 3. The highest BCUT2D eigenvalue weighted by Crippen LogP contribution is 2.33. The van der Waals surface area contributed by atoms with Crippen molar-refractivity contribution < 1.29 is 19.1 Å². The molecule has 2 aromatic carbocycles. The van der Waals surface area contributed by atoms with Gasteiger partial charge in [-0.05, 0) is 23.3 Å². The number of esters is 1. The molecule has 0 bridgehead atoms. The van der Waals surface area contributed by atoms with Gasteiger partial charge in [0.25, 0.3) is 5.91 Å². The van der Waals surface area contributed by atoms with E-state index in [0.29, 0.717) is 11.1 Å². The van der Waals surface area contributed by atoms with Crippen LogP contribution in [0.1, 0.15) is 16.7 Å². The number of ether oxygens (including phenoxy) is 1. The zero-order valence-electron chi connectivity index (χ0n) is 14.6. The van der Waals surface area contributed by atoms with Crippen molar-refractivity contribution in [1.29, 1.82) is 5.26 Å². The fourth-order valence-corrected chi connectivity index (χ4v) is 3.11. The molecule has 1 aliphatic heterocycles. The molecule has 1 heterocycles. The maximum absolute atomic E-state index is 13.2. The van der Waals surface area contributed by atoms with Gasteiger partial charge in [-0.3, -0.25) is 14.5 Å². The number of benzene rings is 2. The Labute approximate surface area is 156 Å². The first kappa shape index (κ1) is 18.1. The first-order valence-electron chi connectivity index (χ1n) is 8.25. The Morgan fingerprint density at radius 3 is 2.41 bits per heavy atom. The van der Waals surface area contributed by atoms with Gasteiger partial charge in [-0.15, -0.1) is 0 Å². The second kappa shape index (κ2) is 7.30. The van der Waals surface area contributed by atoms with Gasteiger partial charge in [0, 0.05) is 6.42 Å². The molecule has 0 spiro atoms. The lowest BCUT2D eigenvalue weighted by Crippen LogP contribution is -2.46. The van der Waals surface area contributed by atoms with Gasteiger partial charge in [0.05, 0.1) is 18.7 Å². The highest BCUT2D eigenvalue weighted by Gasteiger charge is 2.52. The monoisotopic (exact) mass is 363 g/mol. The molecule has 3 amide bonds. The third kappa shape index (κ3) is 3.37. The Morgan fingerprint density at radius 1 is 1.15 bits per heavy atom.